The Morgan fingerprint density at radius 3 is 2.22 bits per heavy atom. The number of carbonyl (C=O) groups excluding carboxylic acids is 5. The third-order valence-corrected chi connectivity index (χ3v) is 11.6. The zero-order valence-electron chi connectivity index (χ0n) is 39.5. The molecule has 3 heterocycles. The van der Waals surface area contributed by atoms with E-state index in [0.717, 1.165) is 0 Å². The molecule has 0 bridgehead atoms. The third kappa shape index (κ3) is 16.0. The van der Waals surface area contributed by atoms with Gasteiger partial charge in [-0.05, 0) is 72.0 Å². The van der Waals surface area contributed by atoms with Crippen LogP contribution < -0.4 is 0 Å². The van der Waals surface area contributed by atoms with E-state index in [-0.39, 0.29) is 31.6 Å². The quantitative estimate of drug-likeness (QED) is 0.142. The van der Waals surface area contributed by atoms with Gasteiger partial charge >= 0.3 is 23.9 Å². The van der Waals surface area contributed by atoms with Crippen LogP contribution in [0.5, 0.6) is 0 Å². The van der Waals surface area contributed by atoms with Gasteiger partial charge in [0, 0.05) is 39.7 Å². The number of ether oxygens (including phenoxy) is 9. The molecule has 2 fully saturated rings. The van der Waals surface area contributed by atoms with Gasteiger partial charge < -0.3 is 62.5 Å². The summed E-state index contributed by atoms with van der Waals surface area (Å²) in [7, 11) is 4.85. The number of carbonyl (C=O) groups is 5. The molecule has 0 saturated carbocycles. The second-order valence-corrected chi connectivity index (χ2v) is 18.5. The molecule has 17 nitrogen and oxygen atoms in total. The molecule has 0 unspecified atom stereocenters. The van der Waals surface area contributed by atoms with Crippen LogP contribution >= 0.6 is 0 Å². The summed E-state index contributed by atoms with van der Waals surface area (Å²) in [4.78, 5) is 65.8. The number of hydrogen-bond donors (Lipinski definition) is 2. The van der Waals surface area contributed by atoms with E-state index in [2.05, 4.69) is 0 Å². The van der Waals surface area contributed by atoms with E-state index in [4.69, 9.17) is 42.6 Å². The van der Waals surface area contributed by atoms with Crippen LogP contribution in [0, 0.1) is 23.7 Å². The van der Waals surface area contributed by atoms with E-state index < -0.39 is 133 Å². The predicted molar refractivity (Wildman–Crippen MR) is 229 cm³/mol. The Bertz CT molecular complexity index is 1550. The van der Waals surface area contributed by atoms with Crippen molar-refractivity contribution in [3.8, 4) is 0 Å². The molecule has 0 radical (unpaired) electrons. The van der Waals surface area contributed by atoms with Crippen LogP contribution in [0.4, 0.5) is 0 Å². The largest absolute Gasteiger partial charge is 0.462 e. The first-order valence-corrected chi connectivity index (χ1v) is 22.2. The lowest BCUT2D eigenvalue weighted by atomic mass is 9.82. The number of cyclic esters (lactones) is 1. The Balaban J connectivity index is 2.05. The molecular weight excluding hydrogens is 822 g/mol. The van der Waals surface area contributed by atoms with Crippen molar-refractivity contribution in [2.75, 3.05) is 21.2 Å². The Labute approximate surface area is 373 Å². The molecule has 0 aromatic heterocycles. The first-order chi connectivity index (χ1) is 29.5. The van der Waals surface area contributed by atoms with Gasteiger partial charge in [-0.25, -0.2) is 0 Å². The summed E-state index contributed by atoms with van der Waals surface area (Å²) in [6, 6.07) is -0.807. The molecule has 63 heavy (non-hydrogen) atoms. The van der Waals surface area contributed by atoms with Gasteiger partial charge in [0.2, 0.25) is 0 Å². The minimum absolute atomic E-state index is 0.0583. The molecule has 0 amide bonds. The van der Waals surface area contributed by atoms with Crippen molar-refractivity contribution in [2.24, 2.45) is 23.7 Å². The molecule has 2 saturated heterocycles. The van der Waals surface area contributed by atoms with E-state index in [9.17, 15) is 34.2 Å². The van der Waals surface area contributed by atoms with Gasteiger partial charge in [0.15, 0.2) is 18.7 Å². The summed E-state index contributed by atoms with van der Waals surface area (Å²) in [5.74, 6) is -3.74. The summed E-state index contributed by atoms with van der Waals surface area (Å²) >= 11 is 0. The number of rotatable bonds is 14. The Morgan fingerprint density at radius 2 is 1.65 bits per heavy atom. The standard InChI is InChI=1S/C46H75NO16/c1-25(2)21-35(50)61-43-30(8)57-37(24-46(43,10)54)62-40-29(7)58-45(39(52)38(40)47(11)12)63-41-32(19-20-48)22-27(5)33(60-44(53)26(3)4)18-16-14-15-17-28(6)56-36(51)23-34(42(41)55-13)59-31(9)49/h14-16,18,20,25-30,32-34,37-43,45,52,54H,17,19,21-24H2,1-13H3/b15-14+,18-16+/t27-,28-,29-,30+,32+,33+,34-,37+,38-,39-,40-,41+,42+,43+,45+,46-/m1/s1. The van der Waals surface area contributed by atoms with Crippen LogP contribution in [0.1, 0.15) is 108 Å². The minimum Gasteiger partial charge on any atom is -0.462 e. The molecule has 3 aliphatic rings. The van der Waals surface area contributed by atoms with Crippen molar-refractivity contribution in [1.82, 2.24) is 4.90 Å². The second kappa shape index (κ2) is 24.8. The molecule has 16 atom stereocenters. The first-order valence-electron chi connectivity index (χ1n) is 22.2. The van der Waals surface area contributed by atoms with Gasteiger partial charge in [0.1, 0.15) is 48.5 Å². The van der Waals surface area contributed by atoms with Crippen molar-refractivity contribution in [3.63, 3.8) is 0 Å². The monoisotopic (exact) mass is 898 g/mol. The number of aliphatic hydroxyl groups is 2. The second-order valence-electron chi connectivity index (χ2n) is 18.5. The fourth-order valence-corrected chi connectivity index (χ4v) is 8.49. The Hall–Kier alpha value is -3.29. The highest BCUT2D eigenvalue weighted by Crippen LogP contribution is 2.38. The van der Waals surface area contributed by atoms with E-state index in [1.165, 1.54) is 14.0 Å². The zero-order chi connectivity index (χ0) is 47.3. The molecule has 360 valence electrons. The molecule has 17 heteroatoms. The van der Waals surface area contributed by atoms with Crippen LogP contribution in [-0.4, -0.2) is 152 Å². The lowest BCUT2D eigenvalue weighted by Gasteiger charge is -2.50. The first kappa shape index (κ1) is 54.0. The lowest BCUT2D eigenvalue weighted by Crippen LogP contribution is -2.66. The highest BCUT2D eigenvalue weighted by Gasteiger charge is 2.53. The number of aliphatic hydroxyl groups excluding tert-OH is 1. The molecule has 3 rings (SSSR count). The SMILES string of the molecule is CO[C@@H]1[C@@H](O[C@@H]2O[C@H](C)[C@@H](O[C@H]3C[C@@](C)(O)[C@@H](OC(=O)CC(C)C)[C@H](C)O3)[C@H](N(C)C)[C@H]2O)[C@@H](CC=O)C[C@@H](C)[C@@H](OC(=O)C(C)C)/C=C/C=C/C[C@@H](C)OC(=O)C[C@H]1OC(C)=O. The highest BCUT2D eigenvalue weighted by molar-refractivity contribution is 5.72. The molecule has 0 aromatic carbocycles. The average Bonchev–Trinajstić information content (AvgIpc) is 3.15. The van der Waals surface area contributed by atoms with Crippen LogP contribution in [0.25, 0.3) is 0 Å². The summed E-state index contributed by atoms with van der Waals surface area (Å²) < 4.78 is 54.9. The van der Waals surface area contributed by atoms with Gasteiger partial charge in [-0.1, -0.05) is 52.8 Å². The summed E-state index contributed by atoms with van der Waals surface area (Å²) in [6.45, 7) is 17.0. The van der Waals surface area contributed by atoms with Crippen LogP contribution in [0.15, 0.2) is 24.3 Å². The Kier molecular flexibility index (Phi) is 21.3. The van der Waals surface area contributed by atoms with Crippen molar-refractivity contribution in [2.45, 2.75) is 193 Å². The normalized spacial score (nSPS) is 38.4. The van der Waals surface area contributed by atoms with E-state index in [1.54, 1.807) is 78.8 Å². The molecule has 0 aromatic rings. The maximum atomic E-state index is 13.4. The molecule has 2 N–H and O–H groups in total. The maximum absolute atomic E-state index is 13.4. The summed E-state index contributed by atoms with van der Waals surface area (Å²) in [5.41, 5.74) is -1.52. The molecule has 0 aliphatic carbocycles. The maximum Gasteiger partial charge on any atom is 0.309 e. The van der Waals surface area contributed by atoms with Gasteiger partial charge in [-0.3, -0.25) is 19.2 Å². The fourth-order valence-electron chi connectivity index (χ4n) is 8.49. The van der Waals surface area contributed by atoms with E-state index in [0.29, 0.717) is 12.7 Å². The number of allylic oxidation sites excluding steroid dienone is 2. The predicted octanol–water partition coefficient (Wildman–Crippen LogP) is 4.22. The summed E-state index contributed by atoms with van der Waals surface area (Å²) in [5, 5.41) is 23.7. The van der Waals surface area contributed by atoms with Crippen LogP contribution in [0.3, 0.4) is 0 Å². The third-order valence-electron chi connectivity index (χ3n) is 11.6. The number of nitrogens with zero attached hydrogens (tertiary/aromatic N) is 1. The number of likely N-dealkylation sites (N-methyl/N-ethyl adjacent to an activating group) is 1. The van der Waals surface area contributed by atoms with E-state index in [1.807, 2.05) is 26.8 Å². The van der Waals surface area contributed by atoms with Gasteiger partial charge in [0.25, 0.3) is 0 Å². The van der Waals surface area contributed by atoms with Gasteiger partial charge in [0.05, 0.1) is 36.7 Å². The fraction of sp³-hybridized carbons (Fsp3) is 0.804. The van der Waals surface area contributed by atoms with Crippen LogP contribution in [0.2, 0.25) is 0 Å². The summed E-state index contributed by atoms with van der Waals surface area (Å²) in [6.07, 6.45) is -4.13. The lowest BCUT2D eigenvalue weighted by molar-refractivity contribution is -0.344. The number of esters is 4. The molecule has 0 spiro atoms. The van der Waals surface area contributed by atoms with Gasteiger partial charge in [-0.15, -0.1) is 0 Å². The molecular formula is C46H75NO16. The van der Waals surface area contributed by atoms with Crippen LogP contribution in [-0.2, 0) is 66.6 Å². The topological polar surface area (TPSA) is 212 Å². The smallest absolute Gasteiger partial charge is 0.309 e. The van der Waals surface area contributed by atoms with Gasteiger partial charge in [-0.2, -0.15) is 0 Å². The highest BCUT2D eigenvalue weighted by atomic mass is 16.7. The average molecular weight is 898 g/mol. The Morgan fingerprint density at radius 1 is 0.968 bits per heavy atom. The van der Waals surface area contributed by atoms with Crippen molar-refractivity contribution in [1.29, 1.82) is 0 Å². The number of hydrogen-bond acceptors (Lipinski definition) is 17. The minimum atomic E-state index is -1.52. The number of methoxy groups -OCH3 is 1. The van der Waals surface area contributed by atoms with Crippen molar-refractivity contribution in [3.05, 3.63) is 24.3 Å². The number of aldehydes is 1. The van der Waals surface area contributed by atoms with Crippen molar-refractivity contribution < 1.29 is 76.8 Å². The van der Waals surface area contributed by atoms with Crippen molar-refractivity contribution >= 4 is 30.2 Å². The zero-order valence-corrected chi connectivity index (χ0v) is 39.5. The molecule has 3 aliphatic heterocycles. The van der Waals surface area contributed by atoms with E-state index >= 15 is 0 Å².